The van der Waals surface area contributed by atoms with E-state index in [2.05, 4.69) is 35.0 Å². The van der Waals surface area contributed by atoms with Gasteiger partial charge in [0, 0.05) is 64.3 Å². The molecule has 10 nitrogen and oxygen atoms in total. The molecule has 0 bridgehead atoms. The number of nitrogen functional groups attached to an aromatic ring is 1. The fourth-order valence-electron chi connectivity index (χ4n) is 5.79. The summed E-state index contributed by atoms with van der Waals surface area (Å²) in [5, 5.41) is 3.30. The zero-order valence-corrected chi connectivity index (χ0v) is 29.3. The van der Waals surface area contributed by atoms with Crippen LogP contribution in [0.2, 0.25) is 0 Å². The van der Waals surface area contributed by atoms with Crippen LogP contribution in [0.3, 0.4) is 0 Å². The van der Waals surface area contributed by atoms with Crippen molar-refractivity contribution in [2.45, 2.75) is 65.2 Å². The van der Waals surface area contributed by atoms with Crippen LogP contribution in [-0.2, 0) is 30.1 Å². The molecule has 1 fully saturated rings. The van der Waals surface area contributed by atoms with E-state index < -0.39 is 0 Å². The molecule has 0 radical (unpaired) electrons. The van der Waals surface area contributed by atoms with E-state index in [-0.39, 0.29) is 23.3 Å². The van der Waals surface area contributed by atoms with Gasteiger partial charge in [-0.05, 0) is 99.2 Å². The van der Waals surface area contributed by atoms with E-state index in [9.17, 15) is 9.59 Å². The van der Waals surface area contributed by atoms with Crippen molar-refractivity contribution in [2.75, 3.05) is 31.8 Å². The molecule has 48 heavy (non-hydrogen) atoms. The number of fused-ring (bicyclic) bond motifs is 1. The summed E-state index contributed by atoms with van der Waals surface area (Å²) in [7, 11) is 6.99. The first-order chi connectivity index (χ1) is 22.9. The zero-order chi connectivity index (χ0) is 34.7. The molecule has 1 saturated carbocycles. The van der Waals surface area contributed by atoms with Gasteiger partial charge >= 0.3 is 0 Å². The molecule has 3 heterocycles. The average Bonchev–Trinajstić information content (AvgIpc) is 3.86. The molecule has 2 atom stereocenters. The zero-order valence-electron chi connectivity index (χ0n) is 29.3. The largest absolute Gasteiger partial charge is 0.397 e. The minimum Gasteiger partial charge on any atom is -0.397 e. The first kappa shape index (κ1) is 34.7. The highest BCUT2D eigenvalue weighted by atomic mass is 16.5. The van der Waals surface area contributed by atoms with Crippen molar-refractivity contribution in [3.8, 4) is 22.3 Å². The molecular weight excluding hydrogens is 604 g/mol. The van der Waals surface area contributed by atoms with Crippen LogP contribution >= 0.6 is 0 Å². The number of nitrogens with two attached hydrogens (primary N) is 1. The SMILES string of the molecule is COC(C)CNc1cc(-c2cc(C)c(=O)n(C)c2)ccc1N.COC(C)Cn1c(C2CC2)nc2ccc(-c3cc(C)c(=O)n(C)c3)cc21. The van der Waals surface area contributed by atoms with Crippen LogP contribution in [0.15, 0.2) is 70.5 Å². The number of aromatic nitrogens is 4. The molecule has 0 amide bonds. The third-order valence-electron chi connectivity index (χ3n) is 8.99. The number of nitrogens with one attached hydrogen (secondary N) is 1. The predicted molar refractivity (Wildman–Crippen MR) is 195 cm³/mol. The van der Waals surface area contributed by atoms with Gasteiger partial charge < -0.3 is 34.2 Å². The van der Waals surface area contributed by atoms with Gasteiger partial charge in [0.1, 0.15) is 5.82 Å². The van der Waals surface area contributed by atoms with E-state index in [0.29, 0.717) is 18.2 Å². The highest BCUT2D eigenvalue weighted by Gasteiger charge is 2.30. The summed E-state index contributed by atoms with van der Waals surface area (Å²) in [6.07, 6.45) is 6.41. The number of anilines is 2. The molecule has 1 aliphatic carbocycles. The van der Waals surface area contributed by atoms with Gasteiger partial charge in [-0.3, -0.25) is 9.59 Å². The van der Waals surface area contributed by atoms with E-state index >= 15 is 0 Å². The number of nitrogens with zero attached hydrogens (tertiary/aromatic N) is 4. The molecule has 3 aromatic heterocycles. The summed E-state index contributed by atoms with van der Waals surface area (Å²) in [5.41, 5.74) is 15.4. The quantitative estimate of drug-likeness (QED) is 0.177. The van der Waals surface area contributed by atoms with E-state index in [1.165, 1.54) is 18.7 Å². The number of rotatable bonds is 10. The van der Waals surface area contributed by atoms with Crippen molar-refractivity contribution in [1.82, 2.24) is 18.7 Å². The van der Waals surface area contributed by atoms with E-state index in [1.807, 2.05) is 63.5 Å². The third kappa shape index (κ3) is 7.72. The molecule has 1 aliphatic rings. The average molecular weight is 653 g/mol. The van der Waals surface area contributed by atoms with Crippen molar-refractivity contribution >= 4 is 22.4 Å². The molecule has 2 unspecified atom stereocenters. The van der Waals surface area contributed by atoms with Gasteiger partial charge in [0.15, 0.2) is 0 Å². The number of ether oxygens (including phenoxy) is 2. The van der Waals surface area contributed by atoms with Crippen LogP contribution < -0.4 is 22.2 Å². The third-order valence-corrected chi connectivity index (χ3v) is 8.99. The fraction of sp³-hybridized carbons (Fsp3) is 0.395. The van der Waals surface area contributed by atoms with Crippen LogP contribution in [0.5, 0.6) is 0 Å². The Hall–Kier alpha value is -4.67. The lowest BCUT2D eigenvalue weighted by atomic mass is 10.0. The molecule has 0 aliphatic heterocycles. The van der Waals surface area contributed by atoms with Gasteiger partial charge in [0.2, 0.25) is 0 Å². The Bertz CT molecular complexity index is 1990. The Labute approximate surface area is 282 Å². The van der Waals surface area contributed by atoms with Crippen LogP contribution in [-0.4, -0.2) is 51.7 Å². The maximum atomic E-state index is 12.0. The lowest BCUT2D eigenvalue weighted by Gasteiger charge is -2.15. The monoisotopic (exact) mass is 652 g/mol. The summed E-state index contributed by atoms with van der Waals surface area (Å²) < 4.78 is 16.3. The van der Waals surface area contributed by atoms with Gasteiger partial charge in [-0.1, -0.05) is 12.1 Å². The van der Waals surface area contributed by atoms with Crippen molar-refractivity contribution in [3.63, 3.8) is 0 Å². The van der Waals surface area contributed by atoms with E-state index in [4.69, 9.17) is 20.2 Å². The number of pyridine rings is 2. The Morgan fingerprint density at radius 1 is 0.833 bits per heavy atom. The number of benzene rings is 2. The maximum absolute atomic E-state index is 12.0. The minimum atomic E-state index is 0.0199. The van der Waals surface area contributed by atoms with Gasteiger partial charge in [-0.15, -0.1) is 0 Å². The van der Waals surface area contributed by atoms with E-state index in [1.54, 1.807) is 37.4 Å². The van der Waals surface area contributed by atoms with Gasteiger partial charge in [0.05, 0.1) is 41.2 Å². The van der Waals surface area contributed by atoms with Crippen LogP contribution in [0, 0.1) is 13.8 Å². The number of imidazole rings is 1. The molecule has 3 N–H and O–H groups in total. The normalized spacial score (nSPS) is 14.0. The Kier molecular flexibility index (Phi) is 10.6. The van der Waals surface area contributed by atoms with Crippen molar-refractivity contribution in [2.24, 2.45) is 14.1 Å². The molecule has 0 saturated heterocycles. The van der Waals surface area contributed by atoms with Gasteiger partial charge in [0.25, 0.3) is 11.1 Å². The highest BCUT2D eigenvalue weighted by Crippen LogP contribution is 2.41. The summed E-state index contributed by atoms with van der Waals surface area (Å²) in [6, 6.07) is 16.1. The molecule has 5 aromatic rings. The van der Waals surface area contributed by atoms with Crippen molar-refractivity contribution < 1.29 is 9.47 Å². The molecule has 6 rings (SSSR count). The number of aryl methyl sites for hydroxylation is 4. The second kappa shape index (κ2) is 14.6. The highest BCUT2D eigenvalue weighted by molar-refractivity contribution is 5.83. The molecule has 254 valence electrons. The standard InChI is InChI=1S/C21H25N3O2.C17H23N3O2/c1-13-9-17(12-23(3)21(13)25)16-7-8-18-19(10-16)24(11-14(2)26-4)20(22-18)15-5-6-15;1-11-7-14(10-20(3)17(11)21)13-5-6-15(18)16(8-13)19-9-12(2)22-4/h7-10,12,14-15H,5-6,11H2,1-4H3;5-8,10,12,19H,9,18H2,1-4H3. The second-order valence-corrected chi connectivity index (χ2v) is 13.0. The fourth-order valence-corrected chi connectivity index (χ4v) is 5.79. The molecule has 10 heteroatoms. The van der Waals surface area contributed by atoms with Crippen LogP contribution in [0.4, 0.5) is 11.4 Å². The number of methoxy groups -OCH3 is 2. The first-order valence-corrected chi connectivity index (χ1v) is 16.4. The summed E-state index contributed by atoms with van der Waals surface area (Å²) >= 11 is 0. The molecule has 0 spiro atoms. The topological polar surface area (TPSA) is 118 Å². The lowest BCUT2D eigenvalue weighted by Crippen LogP contribution is -2.19. The smallest absolute Gasteiger partial charge is 0.253 e. The van der Waals surface area contributed by atoms with Gasteiger partial charge in [-0.2, -0.15) is 0 Å². The van der Waals surface area contributed by atoms with Gasteiger partial charge in [-0.25, -0.2) is 4.98 Å². The summed E-state index contributed by atoms with van der Waals surface area (Å²) in [4.78, 5) is 28.7. The molecular formula is C38H48N6O4. The van der Waals surface area contributed by atoms with Crippen molar-refractivity contribution in [1.29, 1.82) is 0 Å². The Morgan fingerprint density at radius 3 is 1.94 bits per heavy atom. The van der Waals surface area contributed by atoms with Crippen LogP contribution in [0.25, 0.3) is 33.3 Å². The minimum absolute atomic E-state index is 0.0199. The second-order valence-electron chi connectivity index (χ2n) is 13.0. The maximum Gasteiger partial charge on any atom is 0.253 e. The van der Waals surface area contributed by atoms with Crippen molar-refractivity contribution in [3.05, 3.63) is 98.6 Å². The van der Waals surface area contributed by atoms with E-state index in [0.717, 1.165) is 56.6 Å². The summed E-state index contributed by atoms with van der Waals surface area (Å²) in [5.74, 6) is 1.76. The summed E-state index contributed by atoms with van der Waals surface area (Å²) in [6.45, 7) is 9.24. The number of hydrogen-bond donors (Lipinski definition) is 2. The predicted octanol–water partition coefficient (Wildman–Crippen LogP) is 6.01. The van der Waals surface area contributed by atoms with Crippen LogP contribution in [0.1, 0.15) is 49.6 Å². The Morgan fingerprint density at radius 2 is 1.40 bits per heavy atom. The lowest BCUT2D eigenvalue weighted by molar-refractivity contribution is 0.103. The molecule has 2 aromatic carbocycles. The first-order valence-electron chi connectivity index (χ1n) is 16.4. The number of hydrogen-bond acceptors (Lipinski definition) is 7. The Balaban J connectivity index is 0.000000191.